The molecule has 1 atom stereocenters. The van der Waals surface area contributed by atoms with Crippen molar-refractivity contribution in [1.29, 1.82) is 0 Å². The van der Waals surface area contributed by atoms with E-state index >= 15 is 0 Å². The number of carbonyl (C=O) groups excluding carboxylic acids is 3. The van der Waals surface area contributed by atoms with Crippen LogP contribution in [-0.4, -0.2) is 68.5 Å². The molecule has 0 aliphatic carbocycles. The summed E-state index contributed by atoms with van der Waals surface area (Å²) in [7, 11) is 4.99. The van der Waals surface area contributed by atoms with Gasteiger partial charge in [-0.15, -0.1) is 0 Å². The number of ether oxygens (including phenoxy) is 3. The van der Waals surface area contributed by atoms with Crippen molar-refractivity contribution < 1.29 is 28.6 Å². The number of hydrogen-bond donors (Lipinski definition) is 3. The zero-order chi connectivity index (χ0) is 24.9. The first-order valence-corrected chi connectivity index (χ1v) is 10.5. The summed E-state index contributed by atoms with van der Waals surface area (Å²) in [5.74, 6) is -0.117. The number of rotatable bonds is 12. The number of anilines is 2. The molecule has 2 aromatic rings. The van der Waals surface area contributed by atoms with E-state index in [2.05, 4.69) is 25.9 Å². The predicted octanol–water partition coefficient (Wildman–Crippen LogP) is 1.03. The summed E-state index contributed by atoms with van der Waals surface area (Å²) in [6.45, 7) is 1.80. The van der Waals surface area contributed by atoms with Gasteiger partial charge in [-0.1, -0.05) is 12.1 Å². The van der Waals surface area contributed by atoms with Gasteiger partial charge in [0.1, 0.15) is 24.8 Å². The van der Waals surface area contributed by atoms with Gasteiger partial charge in [-0.3, -0.25) is 14.9 Å². The SMILES string of the molecule is CNCC(=O)OCc1cccnc1NC(=O)OC(C)N(C)c1ncccc1COC(=O)CNC. The topological polar surface area (TPSA) is 144 Å². The number of nitrogens with one attached hydrogen (secondary N) is 3. The van der Waals surface area contributed by atoms with Gasteiger partial charge in [0.15, 0.2) is 6.23 Å². The fraction of sp³-hybridized carbons (Fsp3) is 0.409. The van der Waals surface area contributed by atoms with Gasteiger partial charge in [0.05, 0.1) is 13.1 Å². The van der Waals surface area contributed by atoms with Crippen LogP contribution in [-0.2, 0) is 37.0 Å². The van der Waals surface area contributed by atoms with Crippen LogP contribution in [0.4, 0.5) is 16.4 Å². The van der Waals surface area contributed by atoms with Gasteiger partial charge in [-0.25, -0.2) is 14.8 Å². The van der Waals surface area contributed by atoms with Crippen LogP contribution in [0.5, 0.6) is 0 Å². The first-order chi connectivity index (χ1) is 16.3. The van der Waals surface area contributed by atoms with Crippen LogP contribution in [0, 0.1) is 0 Å². The Balaban J connectivity index is 1.99. The van der Waals surface area contributed by atoms with Gasteiger partial charge in [0.25, 0.3) is 0 Å². The Kier molecular flexibility index (Phi) is 10.7. The zero-order valence-corrected chi connectivity index (χ0v) is 19.7. The van der Waals surface area contributed by atoms with Crippen LogP contribution < -0.4 is 20.9 Å². The second-order valence-corrected chi connectivity index (χ2v) is 7.12. The molecule has 1 amide bonds. The van der Waals surface area contributed by atoms with Crippen LogP contribution in [0.15, 0.2) is 36.7 Å². The number of aromatic nitrogens is 2. The molecule has 0 spiro atoms. The molecule has 0 radical (unpaired) electrons. The molecule has 2 aromatic heterocycles. The number of carbonyl (C=O) groups is 3. The van der Waals surface area contributed by atoms with E-state index in [4.69, 9.17) is 14.2 Å². The van der Waals surface area contributed by atoms with E-state index in [1.807, 2.05) is 0 Å². The highest BCUT2D eigenvalue weighted by molar-refractivity contribution is 5.84. The van der Waals surface area contributed by atoms with Crippen LogP contribution >= 0.6 is 0 Å². The van der Waals surface area contributed by atoms with Crippen molar-refractivity contribution in [3.63, 3.8) is 0 Å². The third-order valence-corrected chi connectivity index (χ3v) is 4.56. The Labute approximate surface area is 198 Å². The van der Waals surface area contributed by atoms with Crippen molar-refractivity contribution in [3.05, 3.63) is 47.8 Å². The normalized spacial score (nSPS) is 11.3. The van der Waals surface area contributed by atoms with Crippen molar-refractivity contribution >= 4 is 29.7 Å². The maximum atomic E-state index is 12.5. The van der Waals surface area contributed by atoms with Crippen LogP contribution in [0.25, 0.3) is 0 Å². The van der Waals surface area contributed by atoms with E-state index in [1.54, 1.807) is 63.4 Å². The average Bonchev–Trinajstić information content (AvgIpc) is 2.82. The highest BCUT2D eigenvalue weighted by Crippen LogP contribution is 2.20. The monoisotopic (exact) mass is 474 g/mol. The number of nitrogens with zero attached hydrogens (tertiary/aromatic N) is 3. The molecular weight excluding hydrogens is 444 g/mol. The largest absolute Gasteiger partial charge is 0.460 e. The third kappa shape index (κ3) is 8.30. The van der Waals surface area contributed by atoms with Gasteiger partial charge in [-0.2, -0.15) is 0 Å². The Hall–Kier alpha value is -3.77. The standard InChI is InChI=1S/C22H30N6O6/c1-15(28(4)21-17(8-6-10-26-21)14-33-19(30)12-24-3)34-22(31)27-20-16(7-5-9-25-20)13-32-18(29)11-23-2/h5-10,15,23-24H,11-14H2,1-4H3,(H,25,27,31). The summed E-state index contributed by atoms with van der Waals surface area (Å²) < 4.78 is 15.8. The highest BCUT2D eigenvalue weighted by Gasteiger charge is 2.20. The van der Waals surface area contributed by atoms with Crippen molar-refractivity contribution in [2.75, 3.05) is 44.4 Å². The lowest BCUT2D eigenvalue weighted by molar-refractivity contribution is -0.144. The summed E-state index contributed by atoms with van der Waals surface area (Å²) in [4.78, 5) is 45.8. The summed E-state index contributed by atoms with van der Waals surface area (Å²) in [6, 6.07) is 6.84. The van der Waals surface area contributed by atoms with Gasteiger partial charge < -0.3 is 29.7 Å². The van der Waals surface area contributed by atoms with Crippen molar-refractivity contribution in [1.82, 2.24) is 20.6 Å². The number of esters is 2. The second-order valence-electron chi connectivity index (χ2n) is 7.12. The summed E-state index contributed by atoms with van der Waals surface area (Å²) >= 11 is 0. The van der Waals surface area contributed by atoms with Crippen LogP contribution in [0.3, 0.4) is 0 Å². The van der Waals surface area contributed by atoms with E-state index in [0.29, 0.717) is 16.9 Å². The molecule has 34 heavy (non-hydrogen) atoms. The summed E-state index contributed by atoms with van der Waals surface area (Å²) in [5, 5.41) is 8.00. The Morgan fingerprint density at radius 2 is 1.50 bits per heavy atom. The molecule has 2 rings (SSSR count). The molecule has 0 saturated carbocycles. The van der Waals surface area contributed by atoms with Gasteiger partial charge in [0.2, 0.25) is 0 Å². The van der Waals surface area contributed by atoms with E-state index in [9.17, 15) is 14.4 Å². The molecule has 0 saturated heterocycles. The van der Waals surface area contributed by atoms with Gasteiger partial charge in [0, 0.05) is 30.6 Å². The predicted molar refractivity (Wildman–Crippen MR) is 124 cm³/mol. The van der Waals surface area contributed by atoms with Crippen LogP contribution in [0.2, 0.25) is 0 Å². The molecule has 0 fully saturated rings. The maximum absolute atomic E-state index is 12.5. The molecule has 0 aliphatic heterocycles. The molecule has 0 bridgehead atoms. The zero-order valence-electron chi connectivity index (χ0n) is 19.7. The molecule has 12 heteroatoms. The van der Waals surface area contributed by atoms with Gasteiger partial charge >= 0.3 is 18.0 Å². The van der Waals surface area contributed by atoms with Crippen molar-refractivity contribution in [2.45, 2.75) is 26.4 Å². The van der Waals surface area contributed by atoms with Crippen molar-refractivity contribution in [3.8, 4) is 0 Å². The van der Waals surface area contributed by atoms with E-state index in [1.165, 1.54) is 6.20 Å². The van der Waals surface area contributed by atoms with E-state index < -0.39 is 24.3 Å². The Morgan fingerprint density at radius 3 is 2.12 bits per heavy atom. The third-order valence-electron chi connectivity index (χ3n) is 4.56. The summed E-state index contributed by atoms with van der Waals surface area (Å²) in [5.41, 5.74) is 1.17. The first-order valence-electron chi connectivity index (χ1n) is 10.5. The minimum atomic E-state index is -0.751. The second kappa shape index (κ2) is 13.7. The number of amides is 1. The lowest BCUT2D eigenvalue weighted by atomic mass is 10.2. The molecule has 1 unspecified atom stereocenters. The fourth-order valence-electron chi connectivity index (χ4n) is 2.77. The molecule has 2 heterocycles. The minimum absolute atomic E-state index is 0.0243. The van der Waals surface area contributed by atoms with E-state index in [-0.39, 0.29) is 32.1 Å². The quantitative estimate of drug-likeness (QED) is 0.230. The molecule has 0 aromatic carbocycles. The van der Waals surface area contributed by atoms with Crippen LogP contribution in [0.1, 0.15) is 18.1 Å². The fourth-order valence-corrected chi connectivity index (χ4v) is 2.77. The molecular formula is C22H30N6O6. The smallest absolute Gasteiger partial charge is 0.414 e. The molecule has 3 N–H and O–H groups in total. The van der Waals surface area contributed by atoms with Gasteiger partial charge in [-0.05, 0) is 33.2 Å². The van der Waals surface area contributed by atoms with E-state index in [0.717, 1.165) is 0 Å². The average molecular weight is 475 g/mol. The lowest BCUT2D eigenvalue weighted by Crippen LogP contribution is -2.36. The first kappa shape index (κ1) is 26.5. The maximum Gasteiger partial charge on any atom is 0.414 e. The lowest BCUT2D eigenvalue weighted by Gasteiger charge is -2.27. The Morgan fingerprint density at radius 1 is 0.941 bits per heavy atom. The Bertz CT molecular complexity index is 972. The number of hydrogen-bond acceptors (Lipinski definition) is 11. The molecule has 184 valence electrons. The highest BCUT2D eigenvalue weighted by atomic mass is 16.6. The number of pyridine rings is 2. The molecule has 0 aliphatic rings. The summed E-state index contributed by atoms with van der Waals surface area (Å²) in [6.07, 6.45) is 1.62. The molecule has 12 nitrogen and oxygen atoms in total. The minimum Gasteiger partial charge on any atom is -0.460 e. The van der Waals surface area contributed by atoms with Crippen molar-refractivity contribution in [2.24, 2.45) is 0 Å². The number of likely N-dealkylation sites (N-methyl/N-ethyl adjacent to an activating group) is 2.